The molecule has 0 heterocycles. The number of nitrogens with two attached hydrogens (primary N) is 1. The molecular formula is C15H13NO4. The normalized spacial score (nSPS) is 10.2. The van der Waals surface area contributed by atoms with Crippen LogP contribution in [0.4, 0.5) is 5.69 Å². The van der Waals surface area contributed by atoms with Crippen molar-refractivity contribution in [2.75, 3.05) is 5.73 Å². The van der Waals surface area contributed by atoms with E-state index in [2.05, 4.69) is 0 Å². The summed E-state index contributed by atoms with van der Waals surface area (Å²) < 4.78 is 0. The highest BCUT2D eigenvalue weighted by atomic mass is 16.4. The van der Waals surface area contributed by atoms with Gasteiger partial charge in [-0.25, -0.2) is 9.59 Å². The lowest BCUT2D eigenvalue weighted by atomic mass is 9.90. The molecule has 0 aliphatic carbocycles. The van der Waals surface area contributed by atoms with Crippen molar-refractivity contribution >= 4 is 17.6 Å². The lowest BCUT2D eigenvalue weighted by Crippen LogP contribution is -2.11. The molecule has 5 heteroatoms. The Labute approximate surface area is 115 Å². The number of carboxylic acid groups (broad SMARTS) is 2. The molecule has 0 saturated heterocycles. The molecule has 0 aliphatic heterocycles. The fraction of sp³-hybridized carbons (Fsp3) is 0.0667. The molecule has 0 bridgehead atoms. The van der Waals surface area contributed by atoms with Crippen molar-refractivity contribution < 1.29 is 19.8 Å². The van der Waals surface area contributed by atoms with Gasteiger partial charge in [-0.3, -0.25) is 0 Å². The first-order valence-corrected chi connectivity index (χ1v) is 5.88. The fourth-order valence-corrected chi connectivity index (χ4v) is 2.14. The summed E-state index contributed by atoms with van der Waals surface area (Å²) >= 11 is 0. The third-order valence-electron chi connectivity index (χ3n) is 3.13. The van der Waals surface area contributed by atoms with Crippen LogP contribution in [0, 0.1) is 6.92 Å². The molecule has 5 nitrogen and oxygen atoms in total. The second kappa shape index (κ2) is 5.05. The zero-order valence-corrected chi connectivity index (χ0v) is 10.8. The highest BCUT2D eigenvalue weighted by Crippen LogP contribution is 2.33. The molecule has 102 valence electrons. The molecule has 20 heavy (non-hydrogen) atoms. The first kappa shape index (κ1) is 13.6. The topological polar surface area (TPSA) is 101 Å². The highest BCUT2D eigenvalue weighted by Gasteiger charge is 2.23. The van der Waals surface area contributed by atoms with Gasteiger partial charge in [0.15, 0.2) is 0 Å². The van der Waals surface area contributed by atoms with Gasteiger partial charge in [-0.1, -0.05) is 30.3 Å². The van der Waals surface area contributed by atoms with Gasteiger partial charge in [0, 0.05) is 11.3 Å². The summed E-state index contributed by atoms with van der Waals surface area (Å²) in [6.07, 6.45) is 0. The number of carboxylic acids is 2. The van der Waals surface area contributed by atoms with Crippen LogP contribution in [0.15, 0.2) is 36.4 Å². The Hall–Kier alpha value is -2.82. The fourth-order valence-electron chi connectivity index (χ4n) is 2.14. The Balaban J connectivity index is 2.92. The van der Waals surface area contributed by atoms with E-state index in [1.54, 1.807) is 37.3 Å². The molecule has 0 saturated carbocycles. The lowest BCUT2D eigenvalue weighted by Gasteiger charge is -2.15. The largest absolute Gasteiger partial charge is 0.478 e. The van der Waals surface area contributed by atoms with Gasteiger partial charge in [0.25, 0.3) is 0 Å². The minimum Gasteiger partial charge on any atom is -0.478 e. The molecule has 0 aliphatic rings. The molecule has 0 unspecified atom stereocenters. The van der Waals surface area contributed by atoms with E-state index in [1.807, 2.05) is 0 Å². The van der Waals surface area contributed by atoms with Gasteiger partial charge in [0.2, 0.25) is 0 Å². The average Bonchev–Trinajstić information content (AvgIpc) is 2.41. The van der Waals surface area contributed by atoms with E-state index in [1.165, 1.54) is 6.07 Å². The van der Waals surface area contributed by atoms with Crippen molar-refractivity contribution in [3.05, 3.63) is 53.1 Å². The van der Waals surface area contributed by atoms with Gasteiger partial charge < -0.3 is 15.9 Å². The minimum atomic E-state index is -1.21. The SMILES string of the molecule is Cc1c(N)cc(C(=O)O)c(-c2ccccc2)c1C(=O)O. The molecule has 4 N–H and O–H groups in total. The summed E-state index contributed by atoms with van der Waals surface area (Å²) in [6, 6.07) is 9.85. The van der Waals surface area contributed by atoms with Crippen LogP contribution in [0.3, 0.4) is 0 Å². The van der Waals surface area contributed by atoms with Crippen LogP contribution in [0.5, 0.6) is 0 Å². The average molecular weight is 271 g/mol. The number of anilines is 1. The lowest BCUT2D eigenvalue weighted by molar-refractivity contribution is 0.0695. The maximum atomic E-state index is 11.5. The number of hydrogen-bond donors (Lipinski definition) is 3. The van der Waals surface area contributed by atoms with Crippen LogP contribution >= 0.6 is 0 Å². The molecule has 0 atom stereocenters. The standard InChI is InChI=1S/C15H13NO4/c1-8-11(16)7-10(14(17)18)13(12(8)15(19)20)9-5-3-2-4-6-9/h2-7H,16H2,1H3,(H,17,18)(H,19,20). The number of hydrogen-bond acceptors (Lipinski definition) is 3. The summed E-state index contributed by atoms with van der Waals surface area (Å²) in [4.78, 5) is 22.9. The van der Waals surface area contributed by atoms with Crippen molar-refractivity contribution in [2.45, 2.75) is 6.92 Å². The Bertz CT molecular complexity index is 693. The molecule has 0 spiro atoms. The zero-order valence-electron chi connectivity index (χ0n) is 10.8. The monoisotopic (exact) mass is 271 g/mol. The van der Waals surface area contributed by atoms with E-state index < -0.39 is 11.9 Å². The number of aromatic carboxylic acids is 2. The Morgan fingerprint density at radius 3 is 2.15 bits per heavy atom. The molecule has 0 radical (unpaired) electrons. The molecule has 0 amide bonds. The maximum Gasteiger partial charge on any atom is 0.336 e. The number of rotatable bonds is 3. The van der Waals surface area contributed by atoms with Crippen molar-refractivity contribution in [1.82, 2.24) is 0 Å². The second-order valence-corrected chi connectivity index (χ2v) is 4.36. The predicted octanol–water partition coefficient (Wildman–Crippen LogP) is 2.64. The maximum absolute atomic E-state index is 11.5. The summed E-state index contributed by atoms with van der Waals surface area (Å²) in [5, 5.41) is 18.7. The molecule has 2 aromatic rings. The Morgan fingerprint density at radius 2 is 1.65 bits per heavy atom. The van der Waals surface area contributed by atoms with Gasteiger partial charge in [-0.2, -0.15) is 0 Å². The van der Waals surface area contributed by atoms with Gasteiger partial charge in [-0.05, 0) is 24.1 Å². The van der Waals surface area contributed by atoms with Crippen LogP contribution in [-0.2, 0) is 0 Å². The van der Waals surface area contributed by atoms with Crippen LogP contribution in [0.1, 0.15) is 26.3 Å². The zero-order chi connectivity index (χ0) is 14.9. The molecule has 2 aromatic carbocycles. The smallest absolute Gasteiger partial charge is 0.336 e. The van der Waals surface area contributed by atoms with Crippen molar-refractivity contribution in [3.63, 3.8) is 0 Å². The predicted molar refractivity (Wildman–Crippen MR) is 74.9 cm³/mol. The van der Waals surface area contributed by atoms with E-state index >= 15 is 0 Å². The third-order valence-corrected chi connectivity index (χ3v) is 3.13. The summed E-state index contributed by atoms with van der Waals surface area (Å²) in [5.41, 5.74) is 6.75. The highest BCUT2D eigenvalue weighted by molar-refractivity contribution is 6.07. The number of nitrogen functional groups attached to an aromatic ring is 1. The molecule has 0 aromatic heterocycles. The van der Waals surface area contributed by atoms with Gasteiger partial charge >= 0.3 is 11.9 Å². The van der Waals surface area contributed by atoms with E-state index in [-0.39, 0.29) is 22.4 Å². The third kappa shape index (κ3) is 2.21. The van der Waals surface area contributed by atoms with Gasteiger partial charge in [-0.15, -0.1) is 0 Å². The van der Waals surface area contributed by atoms with E-state index in [4.69, 9.17) is 5.73 Å². The first-order chi connectivity index (χ1) is 9.43. The van der Waals surface area contributed by atoms with Crippen LogP contribution in [0.2, 0.25) is 0 Å². The second-order valence-electron chi connectivity index (χ2n) is 4.36. The summed E-state index contributed by atoms with van der Waals surface area (Å²) in [6.45, 7) is 1.57. The van der Waals surface area contributed by atoms with Gasteiger partial charge in [0.1, 0.15) is 0 Å². The molecule has 2 rings (SSSR count). The van der Waals surface area contributed by atoms with E-state index in [0.29, 0.717) is 11.1 Å². The quantitative estimate of drug-likeness (QED) is 0.745. The van der Waals surface area contributed by atoms with E-state index in [0.717, 1.165) is 0 Å². The van der Waals surface area contributed by atoms with Crippen LogP contribution < -0.4 is 5.73 Å². The van der Waals surface area contributed by atoms with E-state index in [9.17, 15) is 19.8 Å². The van der Waals surface area contributed by atoms with Crippen LogP contribution in [0.25, 0.3) is 11.1 Å². The van der Waals surface area contributed by atoms with Gasteiger partial charge in [0.05, 0.1) is 11.1 Å². The number of benzene rings is 2. The summed E-state index contributed by atoms with van der Waals surface area (Å²) in [7, 11) is 0. The minimum absolute atomic E-state index is 0.0754. The van der Waals surface area contributed by atoms with Crippen molar-refractivity contribution in [3.8, 4) is 11.1 Å². The van der Waals surface area contributed by atoms with Crippen molar-refractivity contribution in [2.24, 2.45) is 0 Å². The first-order valence-electron chi connectivity index (χ1n) is 5.88. The molecular weight excluding hydrogens is 258 g/mol. The number of carbonyl (C=O) groups is 2. The Morgan fingerprint density at radius 1 is 1.05 bits per heavy atom. The molecule has 0 fully saturated rings. The summed E-state index contributed by atoms with van der Waals surface area (Å²) in [5.74, 6) is -2.41. The van der Waals surface area contributed by atoms with Crippen LogP contribution in [-0.4, -0.2) is 22.2 Å². The Kier molecular flexibility index (Phi) is 3.43. The van der Waals surface area contributed by atoms with Crippen molar-refractivity contribution in [1.29, 1.82) is 0 Å².